The largest absolute Gasteiger partial charge is 0.0654 e. The molecule has 0 heterocycles. The highest BCUT2D eigenvalue weighted by Gasteiger charge is 2.13. The minimum absolute atomic E-state index is 0.944. The van der Waals surface area contributed by atoms with E-state index < -0.39 is 0 Å². The van der Waals surface area contributed by atoms with E-state index >= 15 is 0 Å². The van der Waals surface area contributed by atoms with Crippen molar-refractivity contribution < 1.29 is 0 Å². The minimum Gasteiger partial charge on any atom is -0.0654 e. The van der Waals surface area contributed by atoms with Crippen LogP contribution in [0.4, 0.5) is 0 Å². The van der Waals surface area contributed by atoms with E-state index in [1.807, 2.05) is 0 Å². The van der Waals surface area contributed by atoms with E-state index in [2.05, 4.69) is 34.6 Å². The predicted octanol–water partition coefficient (Wildman–Crippen LogP) is 7.23. The Hall–Kier alpha value is 0. The van der Waals surface area contributed by atoms with Gasteiger partial charge >= 0.3 is 0 Å². The first kappa shape index (κ1) is 19.0. The second-order valence-corrected chi connectivity index (χ2v) is 6.79. The summed E-state index contributed by atoms with van der Waals surface area (Å²) in [5, 5.41) is 0. The number of rotatable bonds is 13. The minimum atomic E-state index is 0.944. The second kappa shape index (κ2) is 13.0. The molecule has 0 amide bonds. The number of unbranched alkanes of at least 4 members (excludes halogenated alkanes) is 4. The van der Waals surface area contributed by atoms with Gasteiger partial charge in [0, 0.05) is 0 Å². The van der Waals surface area contributed by atoms with E-state index in [0.717, 1.165) is 17.8 Å². The van der Waals surface area contributed by atoms with Crippen LogP contribution in [0.5, 0.6) is 0 Å². The Labute approximate surface area is 123 Å². The fraction of sp³-hybridized carbons (Fsp3) is 1.00. The molecule has 0 aromatic rings. The molecule has 0 saturated heterocycles. The van der Waals surface area contributed by atoms with Crippen molar-refractivity contribution in [3.8, 4) is 0 Å². The lowest BCUT2D eigenvalue weighted by Gasteiger charge is -2.22. The van der Waals surface area contributed by atoms with Crippen molar-refractivity contribution in [1.29, 1.82) is 0 Å². The second-order valence-electron chi connectivity index (χ2n) is 6.79. The van der Waals surface area contributed by atoms with Crippen LogP contribution in [0.2, 0.25) is 0 Å². The number of hydrogen-bond donors (Lipinski definition) is 0. The Balaban J connectivity index is 3.42. The molecule has 0 bridgehead atoms. The molecular formula is C19H40. The first-order chi connectivity index (χ1) is 9.15. The standard InChI is InChI=1S/C19H40/c1-6-14-19(8-3)18(5)16-13-11-9-10-12-15-17(4)7-2/h17-19H,6-16H2,1-5H3. The molecule has 0 nitrogen and oxygen atoms in total. The molecule has 0 saturated carbocycles. The van der Waals surface area contributed by atoms with Gasteiger partial charge < -0.3 is 0 Å². The molecule has 0 aliphatic rings. The van der Waals surface area contributed by atoms with Crippen molar-refractivity contribution in [2.45, 2.75) is 105 Å². The lowest BCUT2D eigenvalue weighted by Crippen LogP contribution is -2.10. The van der Waals surface area contributed by atoms with Crippen molar-refractivity contribution >= 4 is 0 Å². The van der Waals surface area contributed by atoms with Crippen LogP contribution in [0.25, 0.3) is 0 Å². The summed E-state index contributed by atoms with van der Waals surface area (Å²) in [6.07, 6.45) is 15.8. The van der Waals surface area contributed by atoms with Crippen LogP contribution < -0.4 is 0 Å². The van der Waals surface area contributed by atoms with Gasteiger partial charge in [-0.1, -0.05) is 105 Å². The normalized spacial score (nSPS) is 16.3. The molecule has 0 radical (unpaired) electrons. The summed E-state index contributed by atoms with van der Waals surface area (Å²) in [4.78, 5) is 0. The van der Waals surface area contributed by atoms with E-state index in [1.54, 1.807) is 0 Å². The van der Waals surface area contributed by atoms with Crippen molar-refractivity contribution in [1.82, 2.24) is 0 Å². The zero-order chi connectivity index (χ0) is 14.5. The summed E-state index contributed by atoms with van der Waals surface area (Å²) in [5.41, 5.74) is 0. The summed E-state index contributed by atoms with van der Waals surface area (Å²) in [6.45, 7) is 11.9. The molecule has 0 spiro atoms. The fourth-order valence-electron chi connectivity index (χ4n) is 3.19. The van der Waals surface area contributed by atoms with Gasteiger partial charge in [0.25, 0.3) is 0 Å². The van der Waals surface area contributed by atoms with Gasteiger partial charge in [-0.25, -0.2) is 0 Å². The van der Waals surface area contributed by atoms with Crippen LogP contribution in [0.3, 0.4) is 0 Å². The lowest BCUT2D eigenvalue weighted by molar-refractivity contribution is 0.297. The average molecular weight is 269 g/mol. The van der Waals surface area contributed by atoms with Crippen molar-refractivity contribution in [2.75, 3.05) is 0 Å². The highest BCUT2D eigenvalue weighted by Crippen LogP contribution is 2.26. The molecule has 0 N–H and O–H groups in total. The summed E-state index contributed by atoms with van der Waals surface area (Å²) in [5.74, 6) is 2.87. The molecule has 0 rings (SSSR count). The summed E-state index contributed by atoms with van der Waals surface area (Å²) in [7, 11) is 0. The third-order valence-electron chi connectivity index (χ3n) is 5.04. The Morgan fingerprint density at radius 1 is 0.632 bits per heavy atom. The maximum absolute atomic E-state index is 2.48. The number of hydrogen-bond acceptors (Lipinski definition) is 0. The van der Waals surface area contributed by atoms with Crippen molar-refractivity contribution in [3.63, 3.8) is 0 Å². The van der Waals surface area contributed by atoms with E-state index in [0.29, 0.717) is 0 Å². The van der Waals surface area contributed by atoms with Gasteiger partial charge in [-0.3, -0.25) is 0 Å². The van der Waals surface area contributed by atoms with E-state index in [-0.39, 0.29) is 0 Å². The zero-order valence-electron chi connectivity index (χ0n) is 14.5. The third-order valence-corrected chi connectivity index (χ3v) is 5.04. The zero-order valence-corrected chi connectivity index (χ0v) is 14.5. The molecule has 0 aromatic heterocycles. The van der Waals surface area contributed by atoms with Crippen LogP contribution in [0.1, 0.15) is 105 Å². The van der Waals surface area contributed by atoms with Crippen LogP contribution in [0, 0.1) is 17.8 Å². The maximum Gasteiger partial charge on any atom is -0.0391 e. The van der Waals surface area contributed by atoms with Gasteiger partial charge in [0.15, 0.2) is 0 Å². The summed E-state index contributed by atoms with van der Waals surface area (Å²) in [6, 6.07) is 0. The van der Waals surface area contributed by atoms with E-state index in [1.165, 1.54) is 70.6 Å². The van der Waals surface area contributed by atoms with Crippen LogP contribution in [-0.4, -0.2) is 0 Å². The molecule has 0 aliphatic heterocycles. The first-order valence-corrected chi connectivity index (χ1v) is 9.15. The van der Waals surface area contributed by atoms with Gasteiger partial charge in [0.05, 0.1) is 0 Å². The Kier molecular flexibility index (Phi) is 13.0. The Morgan fingerprint density at radius 2 is 1.21 bits per heavy atom. The van der Waals surface area contributed by atoms with Crippen molar-refractivity contribution in [3.05, 3.63) is 0 Å². The molecule has 3 atom stereocenters. The van der Waals surface area contributed by atoms with Crippen LogP contribution in [-0.2, 0) is 0 Å². The Bertz CT molecular complexity index is 173. The molecule has 0 aromatic carbocycles. The highest BCUT2D eigenvalue weighted by atomic mass is 14.2. The van der Waals surface area contributed by atoms with Gasteiger partial charge in [-0.05, 0) is 17.8 Å². The molecule has 3 unspecified atom stereocenters. The summed E-state index contributed by atoms with van der Waals surface area (Å²) >= 11 is 0. The van der Waals surface area contributed by atoms with E-state index in [9.17, 15) is 0 Å². The van der Waals surface area contributed by atoms with Crippen LogP contribution in [0.15, 0.2) is 0 Å². The van der Waals surface area contributed by atoms with Gasteiger partial charge in [0.2, 0.25) is 0 Å². The molecule has 19 heavy (non-hydrogen) atoms. The van der Waals surface area contributed by atoms with Gasteiger partial charge in [-0.2, -0.15) is 0 Å². The molecule has 0 aliphatic carbocycles. The van der Waals surface area contributed by atoms with Crippen LogP contribution >= 0.6 is 0 Å². The topological polar surface area (TPSA) is 0 Å². The Morgan fingerprint density at radius 3 is 1.74 bits per heavy atom. The average Bonchev–Trinajstić information content (AvgIpc) is 2.42. The molecule has 0 heteroatoms. The maximum atomic E-state index is 2.48. The smallest absolute Gasteiger partial charge is 0.0391 e. The molecular weight excluding hydrogens is 228 g/mol. The third kappa shape index (κ3) is 10.4. The van der Waals surface area contributed by atoms with Gasteiger partial charge in [0.1, 0.15) is 0 Å². The van der Waals surface area contributed by atoms with E-state index in [4.69, 9.17) is 0 Å². The fourth-order valence-corrected chi connectivity index (χ4v) is 3.19. The van der Waals surface area contributed by atoms with Gasteiger partial charge in [-0.15, -0.1) is 0 Å². The van der Waals surface area contributed by atoms with Crippen molar-refractivity contribution in [2.24, 2.45) is 17.8 Å². The summed E-state index contributed by atoms with van der Waals surface area (Å²) < 4.78 is 0. The molecule has 0 fully saturated rings. The highest BCUT2D eigenvalue weighted by molar-refractivity contribution is 4.65. The predicted molar refractivity (Wildman–Crippen MR) is 89.6 cm³/mol. The SMILES string of the molecule is CCCC(CC)C(C)CCCCCCCC(C)CC. The quantitative estimate of drug-likeness (QED) is 0.309. The molecule has 116 valence electrons. The lowest BCUT2D eigenvalue weighted by atomic mass is 9.84. The first-order valence-electron chi connectivity index (χ1n) is 9.15. The monoisotopic (exact) mass is 268 g/mol.